The largest absolute Gasteiger partial charge is 0.496 e. The smallest absolute Gasteiger partial charge is 0.399 e. The maximum absolute atomic E-state index is 12.2. The summed E-state index contributed by atoms with van der Waals surface area (Å²) in [5.74, 6) is 0.663. The van der Waals surface area contributed by atoms with Crippen LogP contribution in [-0.4, -0.2) is 22.9 Å². The molecular weight excluding hydrogens is 265 g/mol. The van der Waals surface area contributed by atoms with Crippen LogP contribution >= 0.6 is 0 Å². The molecule has 0 radical (unpaired) electrons. The third kappa shape index (κ3) is 2.69. The Hall–Kier alpha value is -1.07. The van der Waals surface area contributed by atoms with E-state index in [1.54, 1.807) is 0 Å². The second-order valence-electron chi connectivity index (χ2n) is 7.45. The molecular formula is C16H24BNO3. The molecule has 0 aromatic carbocycles. The zero-order valence-corrected chi connectivity index (χ0v) is 13.6. The van der Waals surface area contributed by atoms with E-state index in [1.807, 2.05) is 51.4 Å². The van der Waals surface area contributed by atoms with E-state index in [0.717, 1.165) is 17.6 Å². The first kappa shape index (κ1) is 14.9. The molecule has 21 heavy (non-hydrogen) atoms. The third-order valence-electron chi connectivity index (χ3n) is 4.96. The van der Waals surface area contributed by atoms with Gasteiger partial charge in [-0.1, -0.05) is 6.07 Å². The van der Waals surface area contributed by atoms with Crippen LogP contribution in [0.1, 0.15) is 46.1 Å². The summed E-state index contributed by atoms with van der Waals surface area (Å²) in [7, 11) is -0.403. The van der Waals surface area contributed by atoms with Crippen molar-refractivity contribution in [2.45, 2.75) is 65.2 Å². The number of rotatable bonds is 3. The van der Waals surface area contributed by atoms with Gasteiger partial charge in [-0.25, -0.2) is 0 Å². The van der Waals surface area contributed by atoms with Crippen molar-refractivity contribution < 1.29 is 9.31 Å². The SMILES string of the molecule is Cc1cc(B2OC(C)(C)C(C)(C)O2)cn(CC2CC2)c1=O. The van der Waals surface area contributed by atoms with Crippen LogP contribution in [0.3, 0.4) is 0 Å². The van der Waals surface area contributed by atoms with Gasteiger partial charge in [0.25, 0.3) is 5.56 Å². The first-order chi connectivity index (χ1) is 9.69. The van der Waals surface area contributed by atoms with E-state index in [4.69, 9.17) is 9.31 Å². The Balaban J connectivity index is 1.92. The van der Waals surface area contributed by atoms with E-state index in [2.05, 4.69) is 0 Å². The van der Waals surface area contributed by atoms with Gasteiger partial charge in [-0.2, -0.15) is 0 Å². The monoisotopic (exact) mass is 289 g/mol. The third-order valence-corrected chi connectivity index (χ3v) is 4.96. The molecule has 1 aliphatic heterocycles. The Bertz CT molecular complexity index is 600. The van der Waals surface area contributed by atoms with Gasteiger partial charge in [0.1, 0.15) is 0 Å². The maximum atomic E-state index is 12.2. The van der Waals surface area contributed by atoms with Crippen LogP contribution in [0.2, 0.25) is 0 Å². The molecule has 1 aliphatic carbocycles. The van der Waals surface area contributed by atoms with Crippen LogP contribution in [0, 0.1) is 12.8 Å². The number of aromatic nitrogens is 1. The van der Waals surface area contributed by atoms with Crippen LogP contribution in [0.15, 0.2) is 17.1 Å². The molecule has 1 aromatic heterocycles. The first-order valence-electron chi connectivity index (χ1n) is 7.76. The maximum Gasteiger partial charge on any atom is 0.496 e. The van der Waals surface area contributed by atoms with E-state index in [9.17, 15) is 4.79 Å². The summed E-state index contributed by atoms with van der Waals surface area (Å²) in [6.07, 6.45) is 4.37. The summed E-state index contributed by atoms with van der Waals surface area (Å²) < 4.78 is 14.0. The Labute approximate surface area is 126 Å². The fourth-order valence-electron chi connectivity index (χ4n) is 2.64. The Morgan fingerprint density at radius 1 is 1.24 bits per heavy atom. The van der Waals surface area contributed by atoms with Gasteiger partial charge in [0, 0.05) is 18.3 Å². The summed E-state index contributed by atoms with van der Waals surface area (Å²) in [5, 5.41) is 0. The predicted molar refractivity (Wildman–Crippen MR) is 83.9 cm³/mol. The highest BCUT2D eigenvalue weighted by Gasteiger charge is 2.51. The zero-order valence-electron chi connectivity index (χ0n) is 13.6. The van der Waals surface area contributed by atoms with Crippen molar-refractivity contribution in [1.29, 1.82) is 0 Å². The minimum absolute atomic E-state index is 0.0992. The number of aryl methyl sites for hydroxylation is 1. The van der Waals surface area contributed by atoms with Crippen LogP contribution < -0.4 is 11.0 Å². The van der Waals surface area contributed by atoms with Crippen LogP contribution in [0.4, 0.5) is 0 Å². The zero-order chi connectivity index (χ0) is 15.4. The molecule has 0 amide bonds. The van der Waals surface area contributed by atoms with E-state index >= 15 is 0 Å². The van der Waals surface area contributed by atoms with Gasteiger partial charge >= 0.3 is 7.12 Å². The van der Waals surface area contributed by atoms with Gasteiger partial charge in [0.2, 0.25) is 0 Å². The fourth-order valence-corrected chi connectivity index (χ4v) is 2.64. The van der Waals surface area contributed by atoms with Crippen LogP contribution in [0.25, 0.3) is 0 Å². The second kappa shape index (κ2) is 4.72. The summed E-state index contributed by atoms with van der Waals surface area (Å²) in [4.78, 5) is 12.2. The highest BCUT2D eigenvalue weighted by Crippen LogP contribution is 2.36. The summed E-state index contributed by atoms with van der Waals surface area (Å²) in [5.41, 5.74) is 1.07. The van der Waals surface area contributed by atoms with Crippen molar-refractivity contribution in [2.75, 3.05) is 0 Å². The van der Waals surface area contributed by atoms with Crippen LogP contribution in [0.5, 0.6) is 0 Å². The summed E-state index contributed by atoms with van der Waals surface area (Å²) in [6.45, 7) is 10.8. The van der Waals surface area contributed by atoms with E-state index in [-0.39, 0.29) is 16.8 Å². The molecule has 2 aliphatic rings. The van der Waals surface area contributed by atoms with Gasteiger partial charge in [-0.3, -0.25) is 4.79 Å². The summed E-state index contributed by atoms with van der Waals surface area (Å²) in [6, 6.07) is 1.90. The van der Waals surface area contributed by atoms with Crippen molar-refractivity contribution >= 4 is 12.6 Å². The standard InChI is InChI=1S/C16H24BNO3/c1-11-8-13(10-18(14(11)19)9-12-6-7-12)17-20-15(2,3)16(4,5)21-17/h8,10,12H,6-7,9H2,1-5H3. The molecule has 0 spiro atoms. The number of hydrogen-bond acceptors (Lipinski definition) is 3. The molecule has 1 saturated heterocycles. The van der Waals surface area contributed by atoms with Gasteiger partial charge in [0.05, 0.1) is 11.2 Å². The average Bonchev–Trinajstić information content (AvgIpc) is 3.13. The van der Waals surface area contributed by atoms with Crippen molar-refractivity contribution in [3.63, 3.8) is 0 Å². The topological polar surface area (TPSA) is 40.5 Å². The van der Waals surface area contributed by atoms with E-state index in [0.29, 0.717) is 5.92 Å². The summed E-state index contributed by atoms with van der Waals surface area (Å²) >= 11 is 0. The predicted octanol–water partition coefficient (Wildman–Crippen LogP) is 1.87. The molecule has 3 rings (SSSR count). The lowest BCUT2D eigenvalue weighted by molar-refractivity contribution is 0.00578. The normalized spacial score (nSPS) is 23.6. The minimum Gasteiger partial charge on any atom is -0.399 e. The van der Waals surface area contributed by atoms with Gasteiger partial charge in [-0.05, 0) is 58.8 Å². The molecule has 1 aromatic rings. The van der Waals surface area contributed by atoms with E-state index < -0.39 is 7.12 Å². The van der Waals surface area contributed by atoms with E-state index in [1.165, 1.54) is 12.8 Å². The highest BCUT2D eigenvalue weighted by atomic mass is 16.7. The van der Waals surface area contributed by atoms with Crippen molar-refractivity contribution in [1.82, 2.24) is 4.57 Å². The van der Waals surface area contributed by atoms with Crippen molar-refractivity contribution in [3.05, 3.63) is 28.2 Å². The quantitative estimate of drug-likeness (QED) is 0.798. The molecule has 4 nitrogen and oxygen atoms in total. The lowest BCUT2D eigenvalue weighted by Crippen LogP contribution is -2.41. The highest BCUT2D eigenvalue weighted by molar-refractivity contribution is 6.62. The van der Waals surface area contributed by atoms with Crippen molar-refractivity contribution in [2.24, 2.45) is 5.92 Å². The molecule has 2 fully saturated rings. The van der Waals surface area contributed by atoms with Gasteiger partial charge in [-0.15, -0.1) is 0 Å². The number of pyridine rings is 1. The van der Waals surface area contributed by atoms with Gasteiger partial charge in [0.15, 0.2) is 0 Å². The molecule has 5 heteroatoms. The molecule has 1 saturated carbocycles. The fraction of sp³-hybridized carbons (Fsp3) is 0.688. The Morgan fingerprint density at radius 3 is 2.33 bits per heavy atom. The minimum atomic E-state index is -0.403. The second-order valence-corrected chi connectivity index (χ2v) is 7.45. The average molecular weight is 289 g/mol. The number of hydrogen-bond donors (Lipinski definition) is 0. The van der Waals surface area contributed by atoms with Gasteiger partial charge < -0.3 is 13.9 Å². The molecule has 0 N–H and O–H groups in total. The lowest BCUT2D eigenvalue weighted by atomic mass is 9.79. The number of nitrogens with zero attached hydrogens (tertiary/aromatic N) is 1. The van der Waals surface area contributed by atoms with Crippen molar-refractivity contribution in [3.8, 4) is 0 Å². The Kier molecular flexibility index (Phi) is 3.34. The molecule has 0 atom stereocenters. The lowest BCUT2D eigenvalue weighted by Gasteiger charge is -2.32. The molecule has 114 valence electrons. The van der Waals surface area contributed by atoms with Crippen LogP contribution in [-0.2, 0) is 15.9 Å². The molecule has 0 bridgehead atoms. The Morgan fingerprint density at radius 2 is 1.81 bits per heavy atom. The molecule has 0 unspecified atom stereocenters. The first-order valence-corrected chi connectivity index (χ1v) is 7.76. The molecule has 2 heterocycles.